The topological polar surface area (TPSA) is 25.8 Å². The van der Waals surface area contributed by atoms with E-state index in [0.717, 1.165) is 33.9 Å². The van der Waals surface area contributed by atoms with Gasteiger partial charge in [-0.3, -0.25) is 0 Å². The summed E-state index contributed by atoms with van der Waals surface area (Å²) in [5.74, 6) is 0.727. The van der Waals surface area contributed by atoms with E-state index in [9.17, 15) is 0 Å². The van der Waals surface area contributed by atoms with E-state index in [1.165, 1.54) is 42.1 Å². The van der Waals surface area contributed by atoms with E-state index in [2.05, 4.69) is 121 Å². The van der Waals surface area contributed by atoms with Gasteiger partial charge in [0, 0.05) is 36.9 Å². The molecule has 2 aromatic heterocycles. The number of fused-ring (bicyclic) bond motifs is 4. The maximum absolute atomic E-state index is 5.15. The molecule has 0 amide bonds. The molecule has 2 heterocycles. The minimum Gasteiger partial charge on any atom is -0.228 e. The molecule has 0 bridgehead atoms. The summed E-state index contributed by atoms with van der Waals surface area (Å²) in [6, 6.07) is 51.4. The SMILES string of the molecule is c1ccc(-c2cc(-c3cc(-c4cccc5ccccc45)c4c(c3)sc3ccccc34)nc(-c3ccccc3)n2)cc1. The summed E-state index contributed by atoms with van der Waals surface area (Å²) in [5.41, 5.74) is 7.46. The highest BCUT2D eigenvalue weighted by Crippen LogP contribution is 2.44. The molecule has 6 aromatic carbocycles. The lowest BCUT2D eigenvalue weighted by Crippen LogP contribution is -1.96. The van der Waals surface area contributed by atoms with Crippen LogP contribution >= 0.6 is 11.3 Å². The lowest BCUT2D eigenvalue weighted by molar-refractivity contribution is 1.18. The van der Waals surface area contributed by atoms with Crippen LogP contribution in [-0.2, 0) is 0 Å². The van der Waals surface area contributed by atoms with Gasteiger partial charge in [0.25, 0.3) is 0 Å². The number of hydrogen-bond donors (Lipinski definition) is 0. The molecule has 0 aliphatic carbocycles. The number of hydrogen-bond acceptors (Lipinski definition) is 3. The first-order valence-corrected chi connectivity index (χ1v) is 14.6. The number of rotatable bonds is 4. The third-order valence-electron chi connectivity index (χ3n) is 7.68. The molecule has 0 saturated heterocycles. The van der Waals surface area contributed by atoms with Gasteiger partial charge >= 0.3 is 0 Å². The van der Waals surface area contributed by atoms with Crippen LogP contribution in [0.1, 0.15) is 0 Å². The Morgan fingerprint density at radius 1 is 0.415 bits per heavy atom. The summed E-state index contributed by atoms with van der Waals surface area (Å²) in [6.45, 7) is 0. The predicted octanol–water partition coefficient (Wildman–Crippen LogP) is 10.7. The van der Waals surface area contributed by atoms with E-state index in [-0.39, 0.29) is 0 Å². The molecule has 0 fully saturated rings. The van der Waals surface area contributed by atoms with Crippen molar-refractivity contribution < 1.29 is 0 Å². The first kappa shape index (κ1) is 23.7. The molecule has 0 unspecified atom stereocenters. The van der Waals surface area contributed by atoms with Crippen molar-refractivity contribution in [2.75, 3.05) is 0 Å². The van der Waals surface area contributed by atoms with Crippen molar-refractivity contribution in [1.29, 1.82) is 0 Å². The third-order valence-corrected chi connectivity index (χ3v) is 8.80. The molecule has 3 heteroatoms. The van der Waals surface area contributed by atoms with Gasteiger partial charge in [-0.15, -0.1) is 11.3 Å². The summed E-state index contributed by atoms with van der Waals surface area (Å²) in [7, 11) is 0. The molecule has 0 radical (unpaired) electrons. The molecular weight excluding hydrogens is 516 g/mol. The predicted molar refractivity (Wildman–Crippen MR) is 174 cm³/mol. The normalized spacial score (nSPS) is 11.4. The van der Waals surface area contributed by atoms with Crippen LogP contribution in [0.2, 0.25) is 0 Å². The van der Waals surface area contributed by atoms with Crippen molar-refractivity contribution in [3.63, 3.8) is 0 Å². The van der Waals surface area contributed by atoms with Gasteiger partial charge in [-0.1, -0.05) is 121 Å². The van der Waals surface area contributed by atoms with Crippen LogP contribution in [0.15, 0.2) is 146 Å². The summed E-state index contributed by atoms with van der Waals surface area (Å²) in [6.07, 6.45) is 0. The summed E-state index contributed by atoms with van der Waals surface area (Å²) >= 11 is 1.84. The lowest BCUT2D eigenvalue weighted by atomic mass is 9.92. The van der Waals surface area contributed by atoms with Gasteiger partial charge in [0.05, 0.1) is 11.4 Å². The molecular formula is C38H24N2S. The number of thiophene rings is 1. The second kappa shape index (κ2) is 9.81. The van der Waals surface area contributed by atoms with Crippen LogP contribution in [-0.4, -0.2) is 9.97 Å². The molecule has 0 spiro atoms. The Labute approximate surface area is 242 Å². The molecule has 0 atom stereocenters. The molecule has 2 nitrogen and oxygen atoms in total. The zero-order valence-corrected chi connectivity index (χ0v) is 23.0. The standard InChI is InChI=1S/C38H24N2S/c1-3-13-26(14-4-1)33-24-34(40-38(39-33)27-15-5-2-6-16-27)28-22-32(30-20-11-17-25-12-7-8-18-29(25)30)37-31-19-9-10-21-35(31)41-36(37)23-28/h1-24H. The van der Waals surface area contributed by atoms with Crippen LogP contribution in [0.3, 0.4) is 0 Å². The van der Waals surface area contributed by atoms with E-state index in [1.807, 2.05) is 35.6 Å². The van der Waals surface area contributed by atoms with Crippen LogP contribution in [0.4, 0.5) is 0 Å². The number of aromatic nitrogens is 2. The van der Waals surface area contributed by atoms with Gasteiger partial charge in [0.1, 0.15) is 0 Å². The molecule has 192 valence electrons. The summed E-state index contributed by atoms with van der Waals surface area (Å²) in [5, 5.41) is 5.08. The van der Waals surface area contributed by atoms with Gasteiger partial charge in [-0.25, -0.2) is 9.97 Å². The van der Waals surface area contributed by atoms with Crippen molar-refractivity contribution in [2.45, 2.75) is 0 Å². The van der Waals surface area contributed by atoms with Crippen molar-refractivity contribution in [3.05, 3.63) is 146 Å². The molecule has 8 aromatic rings. The molecule has 0 N–H and O–H groups in total. The highest BCUT2D eigenvalue weighted by atomic mass is 32.1. The van der Waals surface area contributed by atoms with E-state index in [1.54, 1.807) is 0 Å². The van der Waals surface area contributed by atoms with E-state index < -0.39 is 0 Å². The zero-order valence-electron chi connectivity index (χ0n) is 22.2. The molecule has 0 aliphatic rings. The second-order valence-electron chi connectivity index (χ2n) is 10.2. The molecule has 0 aliphatic heterocycles. The average Bonchev–Trinajstić information content (AvgIpc) is 3.43. The Kier molecular flexibility index (Phi) is 5.68. The van der Waals surface area contributed by atoms with Crippen LogP contribution in [0.25, 0.3) is 76.0 Å². The molecule has 8 rings (SSSR count). The van der Waals surface area contributed by atoms with Crippen molar-refractivity contribution in [1.82, 2.24) is 9.97 Å². The second-order valence-corrected chi connectivity index (χ2v) is 11.3. The van der Waals surface area contributed by atoms with Crippen molar-refractivity contribution in [2.24, 2.45) is 0 Å². The maximum Gasteiger partial charge on any atom is 0.160 e. The van der Waals surface area contributed by atoms with E-state index in [0.29, 0.717) is 0 Å². The quantitative estimate of drug-likeness (QED) is 0.222. The van der Waals surface area contributed by atoms with Gasteiger partial charge in [-0.2, -0.15) is 0 Å². The Balaban J connectivity index is 1.44. The van der Waals surface area contributed by atoms with Gasteiger partial charge in [0.2, 0.25) is 0 Å². The fourth-order valence-corrected chi connectivity index (χ4v) is 6.91. The van der Waals surface area contributed by atoms with Crippen molar-refractivity contribution >= 4 is 42.3 Å². The largest absolute Gasteiger partial charge is 0.228 e. The third kappa shape index (κ3) is 4.19. The minimum atomic E-state index is 0.727. The minimum absolute atomic E-state index is 0.727. The first-order chi connectivity index (χ1) is 20.3. The zero-order chi connectivity index (χ0) is 27.2. The van der Waals surface area contributed by atoms with Gasteiger partial charge in [0.15, 0.2) is 5.82 Å². The first-order valence-electron chi connectivity index (χ1n) is 13.8. The molecule has 0 saturated carbocycles. The highest BCUT2D eigenvalue weighted by molar-refractivity contribution is 7.26. The smallest absolute Gasteiger partial charge is 0.160 e. The Morgan fingerprint density at radius 3 is 1.85 bits per heavy atom. The fraction of sp³-hybridized carbons (Fsp3) is 0. The van der Waals surface area contributed by atoms with Crippen LogP contribution < -0.4 is 0 Å². The Bertz CT molecular complexity index is 2140. The Hall–Kier alpha value is -5.12. The monoisotopic (exact) mass is 540 g/mol. The van der Waals surface area contributed by atoms with Gasteiger partial charge in [-0.05, 0) is 46.2 Å². The van der Waals surface area contributed by atoms with E-state index in [4.69, 9.17) is 9.97 Å². The summed E-state index contributed by atoms with van der Waals surface area (Å²) in [4.78, 5) is 10.2. The van der Waals surface area contributed by atoms with Gasteiger partial charge < -0.3 is 0 Å². The maximum atomic E-state index is 5.15. The lowest BCUT2D eigenvalue weighted by Gasteiger charge is -2.13. The van der Waals surface area contributed by atoms with E-state index >= 15 is 0 Å². The highest BCUT2D eigenvalue weighted by Gasteiger charge is 2.17. The average molecular weight is 541 g/mol. The number of nitrogens with zero attached hydrogens (tertiary/aromatic N) is 2. The Morgan fingerprint density at radius 2 is 1.05 bits per heavy atom. The number of benzene rings is 6. The van der Waals surface area contributed by atoms with Crippen LogP contribution in [0, 0.1) is 0 Å². The van der Waals surface area contributed by atoms with Crippen LogP contribution in [0.5, 0.6) is 0 Å². The summed E-state index contributed by atoms with van der Waals surface area (Å²) < 4.78 is 2.55. The van der Waals surface area contributed by atoms with Crippen molar-refractivity contribution in [3.8, 4) is 45.0 Å². The molecule has 41 heavy (non-hydrogen) atoms. The fourth-order valence-electron chi connectivity index (χ4n) is 5.74.